The highest BCUT2D eigenvalue weighted by Gasteiger charge is 2.36. The van der Waals surface area contributed by atoms with Gasteiger partial charge in [0.25, 0.3) is 5.91 Å². The lowest BCUT2D eigenvalue weighted by Crippen LogP contribution is -2.31. The van der Waals surface area contributed by atoms with E-state index in [9.17, 15) is 4.79 Å². The van der Waals surface area contributed by atoms with Gasteiger partial charge in [0.1, 0.15) is 18.0 Å². The van der Waals surface area contributed by atoms with Crippen LogP contribution in [0.3, 0.4) is 0 Å². The van der Waals surface area contributed by atoms with Gasteiger partial charge in [-0.2, -0.15) is 0 Å². The summed E-state index contributed by atoms with van der Waals surface area (Å²) < 4.78 is 10.6. The van der Waals surface area contributed by atoms with Crippen molar-refractivity contribution in [3.05, 3.63) is 11.6 Å². The molecule has 1 saturated heterocycles. The van der Waals surface area contributed by atoms with Crippen molar-refractivity contribution >= 4 is 5.91 Å². The normalized spacial score (nSPS) is 23.0. The quantitative estimate of drug-likeness (QED) is 0.827. The number of carbonyl (C=O) groups is 1. The van der Waals surface area contributed by atoms with Crippen molar-refractivity contribution in [2.75, 3.05) is 27.3 Å². The van der Waals surface area contributed by atoms with E-state index in [1.54, 1.807) is 19.1 Å². The fourth-order valence-electron chi connectivity index (χ4n) is 2.24. The zero-order valence-electron chi connectivity index (χ0n) is 11.5. The van der Waals surface area contributed by atoms with E-state index in [0.29, 0.717) is 13.1 Å². The van der Waals surface area contributed by atoms with Gasteiger partial charge in [-0.3, -0.25) is 9.89 Å². The molecule has 2 atom stereocenters. The average molecular weight is 268 g/mol. The van der Waals surface area contributed by atoms with E-state index in [-0.39, 0.29) is 23.9 Å². The third kappa shape index (κ3) is 2.93. The van der Waals surface area contributed by atoms with Crippen LogP contribution in [0.4, 0.5) is 0 Å². The summed E-state index contributed by atoms with van der Waals surface area (Å²) in [4.78, 5) is 18.1. The number of rotatable bonds is 5. The minimum Gasteiger partial charge on any atom is -0.377 e. The second-order valence-electron chi connectivity index (χ2n) is 4.61. The molecule has 0 spiro atoms. The van der Waals surface area contributed by atoms with Crippen molar-refractivity contribution in [2.45, 2.75) is 32.0 Å². The van der Waals surface area contributed by atoms with Crippen LogP contribution in [-0.4, -0.2) is 65.5 Å². The van der Waals surface area contributed by atoms with Crippen LogP contribution < -0.4 is 0 Å². The predicted molar refractivity (Wildman–Crippen MR) is 67.9 cm³/mol. The van der Waals surface area contributed by atoms with Crippen LogP contribution in [0, 0.1) is 0 Å². The van der Waals surface area contributed by atoms with Gasteiger partial charge in [0.2, 0.25) is 5.82 Å². The van der Waals surface area contributed by atoms with Crippen molar-refractivity contribution in [3.63, 3.8) is 0 Å². The summed E-state index contributed by atoms with van der Waals surface area (Å²) in [5, 5.41) is 6.76. The standard InChI is InChI=1S/C12H20N4O3/c1-4-5-10-13-11(15-14-10)12(17)16-6-8(18-2)9(7-16)19-3/h8-9H,4-7H2,1-3H3,(H,13,14,15). The van der Waals surface area contributed by atoms with Gasteiger partial charge in [0.05, 0.1) is 0 Å². The zero-order chi connectivity index (χ0) is 13.8. The molecule has 2 rings (SSSR count). The first kappa shape index (κ1) is 14.0. The lowest BCUT2D eigenvalue weighted by molar-refractivity contribution is -0.00461. The third-order valence-electron chi connectivity index (χ3n) is 3.32. The summed E-state index contributed by atoms with van der Waals surface area (Å²) >= 11 is 0. The molecule has 0 radical (unpaired) electrons. The number of aromatic nitrogens is 3. The first-order valence-electron chi connectivity index (χ1n) is 6.45. The predicted octanol–water partition coefficient (Wildman–Crippen LogP) is 0.243. The van der Waals surface area contributed by atoms with Gasteiger partial charge in [-0.1, -0.05) is 6.92 Å². The number of carbonyl (C=O) groups excluding carboxylic acids is 1. The Bertz CT molecular complexity index is 422. The van der Waals surface area contributed by atoms with Gasteiger partial charge in [-0.05, 0) is 6.42 Å². The van der Waals surface area contributed by atoms with E-state index in [0.717, 1.165) is 18.7 Å². The van der Waals surface area contributed by atoms with Gasteiger partial charge >= 0.3 is 0 Å². The number of nitrogens with zero attached hydrogens (tertiary/aromatic N) is 3. The summed E-state index contributed by atoms with van der Waals surface area (Å²) in [5.74, 6) is 0.784. The highest BCUT2D eigenvalue weighted by molar-refractivity contribution is 5.90. The smallest absolute Gasteiger partial charge is 0.293 e. The number of ether oxygens (including phenoxy) is 2. The second kappa shape index (κ2) is 6.12. The van der Waals surface area contributed by atoms with Crippen LogP contribution in [0.2, 0.25) is 0 Å². The molecule has 7 nitrogen and oxygen atoms in total. The van der Waals surface area contributed by atoms with Crippen LogP contribution in [0.25, 0.3) is 0 Å². The van der Waals surface area contributed by atoms with E-state index < -0.39 is 0 Å². The zero-order valence-corrected chi connectivity index (χ0v) is 11.5. The van der Waals surface area contributed by atoms with Crippen molar-refractivity contribution in [3.8, 4) is 0 Å². The summed E-state index contributed by atoms with van der Waals surface area (Å²) in [7, 11) is 3.24. The van der Waals surface area contributed by atoms with Crippen LogP contribution in [0.15, 0.2) is 0 Å². The van der Waals surface area contributed by atoms with Gasteiger partial charge in [0, 0.05) is 33.7 Å². The molecule has 1 aromatic rings. The monoisotopic (exact) mass is 268 g/mol. The Kier molecular flexibility index (Phi) is 4.49. The summed E-state index contributed by atoms with van der Waals surface area (Å²) in [6, 6.07) is 0. The fourth-order valence-corrected chi connectivity index (χ4v) is 2.24. The molecule has 19 heavy (non-hydrogen) atoms. The number of likely N-dealkylation sites (tertiary alicyclic amines) is 1. The van der Waals surface area contributed by atoms with Gasteiger partial charge in [-0.25, -0.2) is 4.98 Å². The molecule has 106 valence electrons. The lowest BCUT2D eigenvalue weighted by Gasteiger charge is -2.13. The molecule has 0 aromatic carbocycles. The first-order chi connectivity index (χ1) is 9.19. The Hall–Kier alpha value is -1.47. The number of H-pyrrole nitrogens is 1. The number of nitrogens with one attached hydrogen (secondary N) is 1. The maximum absolute atomic E-state index is 12.3. The molecule has 1 aliphatic heterocycles. The molecule has 2 unspecified atom stereocenters. The molecule has 1 N–H and O–H groups in total. The highest BCUT2D eigenvalue weighted by atomic mass is 16.5. The Morgan fingerprint density at radius 1 is 1.37 bits per heavy atom. The van der Waals surface area contributed by atoms with Gasteiger partial charge in [-0.15, -0.1) is 5.10 Å². The van der Waals surface area contributed by atoms with Crippen molar-refractivity contribution in [1.29, 1.82) is 0 Å². The largest absolute Gasteiger partial charge is 0.377 e. The van der Waals surface area contributed by atoms with Crippen molar-refractivity contribution < 1.29 is 14.3 Å². The van der Waals surface area contributed by atoms with Crippen molar-refractivity contribution in [1.82, 2.24) is 20.1 Å². The maximum Gasteiger partial charge on any atom is 0.293 e. The SMILES string of the molecule is CCCc1nc(C(=O)N2CC(OC)C(OC)C2)n[nH]1. The molecule has 0 saturated carbocycles. The number of amides is 1. The topological polar surface area (TPSA) is 80.3 Å². The Balaban J connectivity index is 2.03. The molecule has 2 heterocycles. The molecule has 1 aliphatic rings. The number of aromatic amines is 1. The Labute approximate surface area is 112 Å². The van der Waals surface area contributed by atoms with Crippen LogP contribution in [-0.2, 0) is 15.9 Å². The molecular formula is C12H20N4O3. The number of hydrogen-bond acceptors (Lipinski definition) is 5. The average Bonchev–Trinajstić information content (AvgIpc) is 3.04. The molecule has 1 fully saturated rings. The van der Waals surface area contributed by atoms with Crippen LogP contribution >= 0.6 is 0 Å². The van der Waals surface area contributed by atoms with E-state index in [4.69, 9.17) is 9.47 Å². The van der Waals surface area contributed by atoms with E-state index in [2.05, 4.69) is 22.1 Å². The minimum atomic E-state index is -0.180. The molecule has 1 amide bonds. The molecule has 1 aromatic heterocycles. The van der Waals surface area contributed by atoms with E-state index >= 15 is 0 Å². The third-order valence-corrected chi connectivity index (χ3v) is 3.32. The number of hydrogen-bond donors (Lipinski definition) is 1. The fraction of sp³-hybridized carbons (Fsp3) is 0.750. The van der Waals surface area contributed by atoms with E-state index in [1.165, 1.54) is 0 Å². The maximum atomic E-state index is 12.3. The number of methoxy groups -OCH3 is 2. The Morgan fingerprint density at radius 2 is 2.00 bits per heavy atom. The summed E-state index contributed by atoms with van der Waals surface area (Å²) in [6.07, 6.45) is 1.57. The van der Waals surface area contributed by atoms with Crippen molar-refractivity contribution in [2.24, 2.45) is 0 Å². The highest BCUT2D eigenvalue weighted by Crippen LogP contribution is 2.17. The number of aryl methyl sites for hydroxylation is 1. The van der Waals surface area contributed by atoms with Gasteiger partial charge in [0.15, 0.2) is 0 Å². The van der Waals surface area contributed by atoms with E-state index in [1.807, 2.05) is 0 Å². The summed E-state index contributed by atoms with van der Waals surface area (Å²) in [6.45, 7) is 3.06. The molecular weight excluding hydrogens is 248 g/mol. The van der Waals surface area contributed by atoms with Gasteiger partial charge < -0.3 is 14.4 Å². The summed E-state index contributed by atoms with van der Waals surface area (Å²) in [5.41, 5.74) is 0. The lowest BCUT2D eigenvalue weighted by atomic mass is 10.3. The molecule has 0 bridgehead atoms. The minimum absolute atomic E-state index is 0.0944. The Morgan fingerprint density at radius 3 is 2.53 bits per heavy atom. The first-order valence-corrected chi connectivity index (χ1v) is 6.45. The molecule has 7 heteroatoms. The molecule has 0 aliphatic carbocycles. The van der Waals surface area contributed by atoms with Crippen LogP contribution in [0.5, 0.6) is 0 Å². The second-order valence-corrected chi connectivity index (χ2v) is 4.61. The van der Waals surface area contributed by atoms with Crippen LogP contribution in [0.1, 0.15) is 29.8 Å².